The maximum Gasteiger partial charge on any atom is 0.311 e. The van der Waals surface area contributed by atoms with Gasteiger partial charge in [0.15, 0.2) is 11.7 Å². The molecule has 2 aromatic carbocycles. The van der Waals surface area contributed by atoms with Crippen LogP contribution < -0.4 is 10.1 Å². The number of rotatable bonds is 6. The number of nitro benzene ring substituents is 1. The summed E-state index contributed by atoms with van der Waals surface area (Å²) in [6, 6.07) is 12.2. The summed E-state index contributed by atoms with van der Waals surface area (Å²) in [4.78, 5) is 26.5. The lowest BCUT2D eigenvalue weighted by molar-refractivity contribution is -0.385. The molecule has 0 bridgehead atoms. The standard InChI is InChI=1S/C17H12FN3O4S/c18-12-6-7-14(21(23)24)15(8-12)25-9-16(22)20-17-19-13(10-26-17)11-4-2-1-3-5-11/h1-8,10H,9H2,(H,19,20,22). The molecule has 1 N–H and O–H groups in total. The predicted octanol–water partition coefficient (Wildman–Crippen LogP) is 3.87. The molecule has 3 aromatic rings. The Morgan fingerprint density at radius 2 is 2.04 bits per heavy atom. The molecule has 7 nitrogen and oxygen atoms in total. The first-order valence-electron chi connectivity index (χ1n) is 7.40. The highest BCUT2D eigenvalue weighted by Gasteiger charge is 2.17. The molecule has 9 heteroatoms. The minimum Gasteiger partial charge on any atom is -0.477 e. The number of carbonyl (C=O) groups is 1. The van der Waals surface area contributed by atoms with Crippen LogP contribution in [0.1, 0.15) is 0 Å². The van der Waals surface area contributed by atoms with Gasteiger partial charge in [-0.1, -0.05) is 30.3 Å². The zero-order valence-corrected chi connectivity index (χ0v) is 14.0. The molecule has 1 amide bonds. The number of hydrogen-bond donors (Lipinski definition) is 1. The summed E-state index contributed by atoms with van der Waals surface area (Å²) in [5, 5.41) is 15.6. The lowest BCUT2D eigenvalue weighted by Crippen LogP contribution is -2.20. The van der Waals surface area contributed by atoms with Gasteiger partial charge in [0.05, 0.1) is 10.6 Å². The Morgan fingerprint density at radius 3 is 2.77 bits per heavy atom. The van der Waals surface area contributed by atoms with Gasteiger partial charge in [0.25, 0.3) is 5.91 Å². The molecule has 0 aliphatic heterocycles. The number of hydrogen-bond acceptors (Lipinski definition) is 6. The average molecular weight is 373 g/mol. The number of halogens is 1. The van der Waals surface area contributed by atoms with Gasteiger partial charge in [0, 0.05) is 23.1 Å². The fraction of sp³-hybridized carbons (Fsp3) is 0.0588. The molecule has 0 unspecified atom stereocenters. The summed E-state index contributed by atoms with van der Waals surface area (Å²) < 4.78 is 18.3. The van der Waals surface area contributed by atoms with Crippen LogP contribution >= 0.6 is 11.3 Å². The normalized spacial score (nSPS) is 10.3. The van der Waals surface area contributed by atoms with E-state index >= 15 is 0 Å². The highest BCUT2D eigenvalue weighted by atomic mass is 32.1. The van der Waals surface area contributed by atoms with Gasteiger partial charge >= 0.3 is 5.69 Å². The Kier molecular flexibility index (Phi) is 5.18. The molecule has 1 aromatic heterocycles. The van der Waals surface area contributed by atoms with Crippen LogP contribution in [0, 0.1) is 15.9 Å². The predicted molar refractivity (Wildman–Crippen MR) is 94.7 cm³/mol. The Morgan fingerprint density at radius 1 is 1.27 bits per heavy atom. The van der Waals surface area contributed by atoms with Crippen molar-refractivity contribution in [3.63, 3.8) is 0 Å². The van der Waals surface area contributed by atoms with Crippen molar-refractivity contribution in [1.29, 1.82) is 0 Å². The van der Waals surface area contributed by atoms with E-state index in [0.717, 1.165) is 23.8 Å². The Bertz CT molecular complexity index is 946. The second-order valence-electron chi connectivity index (χ2n) is 5.11. The molecular weight excluding hydrogens is 361 g/mol. The number of nitrogens with zero attached hydrogens (tertiary/aromatic N) is 2. The van der Waals surface area contributed by atoms with E-state index in [1.807, 2.05) is 30.3 Å². The van der Waals surface area contributed by atoms with Crippen LogP contribution in [0.2, 0.25) is 0 Å². The van der Waals surface area contributed by atoms with E-state index in [9.17, 15) is 19.3 Å². The van der Waals surface area contributed by atoms with Crippen molar-refractivity contribution in [2.75, 3.05) is 11.9 Å². The van der Waals surface area contributed by atoms with E-state index in [1.54, 1.807) is 5.38 Å². The van der Waals surface area contributed by atoms with E-state index in [2.05, 4.69) is 10.3 Å². The minimum atomic E-state index is -0.709. The molecule has 0 saturated heterocycles. The third-order valence-electron chi connectivity index (χ3n) is 3.30. The zero-order chi connectivity index (χ0) is 18.5. The molecule has 0 radical (unpaired) electrons. The minimum absolute atomic E-state index is 0.311. The van der Waals surface area contributed by atoms with Crippen molar-refractivity contribution in [2.45, 2.75) is 0 Å². The van der Waals surface area contributed by atoms with E-state index in [4.69, 9.17) is 4.74 Å². The Labute approximate surface area is 151 Å². The average Bonchev–Trinajstić information content (AvgIpc) is 3.09. The van der Waals surface area contributed by atoms with Gasteiger partial charge in [-0.15, -0.1) is 11.3 Å². The first-order chi connectivity index (χ1) is 12.5. The first kappa shape index (κ1) is 17.5. The molecule has 132 valence electrons. The van der Waals surface area contributed by atoms with Crippen molar-refractivity contribution in [2.24, 2.45) is 0 Å². The molecule has 1 heterocycles. The SMILES string of the molecule is O=C(COc1cc(F)ccc1[N+](=O)[O-])Nc1nc(-c2ccccc2)cs1. The fourth-order valence-electron chi connectivity index (χ4n) is 2.13. The highest BCUT2D eigenvalue weighted by molar-refractivity contribution is 7.14. The smallest absolute Gasteiger partial charge is 0.311 e. The number of thiazole rings is 1. The van der Waals surface area contributed by atoms with E-state index < -0.39 is 28.9 Å². The van der Waals surface area contributed by atoms with Crippen molar-refractivity contribution in [3.8, 4) is 17.0 Å². The Hall–Kier alpha value is -3.33. The number of nitro groups is 1. The number of ether oxygens (including phenoxy) is 1. The molecule has 26 heavy (non-hydrogen) atoms. The molecule has 0 aliphatic carbocycles. The van der Waals surface area contributed by atoms with E-state index in [0.29, 0.717) is 10.8 Å². The van der Waals surface area contributed by atoms with Crippen LogP contribution in [0.25, 0.3) is 11.3 Å². The number of nitrogens with one attached hydrogen (secondary N) is 1. The lowest BCUT2D eigenvalue weighted by Gasteiger charge is -2.06. The number of anilines is 1. The monoisotopic (exact) mass is 373 g/mol. The van der Waals surface area contributed by atoms with Crippen molar-refractivity contribution in [3.05, 3.63) is 69.8 Å². The molecule has 0 spiro atoms. The first-order valence-corrected chi connectivity index (χ1v) is 8.28. The maximum atomic E-state index is 13.2. The summed E-state index contributed by atoms with van der Waals surface area (Å²) in [6.45, 7) is -0.509. The lowest BCUT2D eigenvalue weighted by atomic mass is 10.2. The van der Waals surface area contributed by atoms with Crippen molar-refractivity contribution >= 4 is 28.1 Å². The summed E-state index contributed by atoms with van der Waals surface area (Å²) in [5.41, 5.74) is 1.21. The van der Waals surface area contributed by atoms with E-state index in [-0.39, 0.29) is 5.75 Å². The maximum absolute atomic E-state index is 13.2. The summed E-state index contributed by atoms with van der Waals surface area (Å²) >= 11 is 1.24. The molecular formula is C17H12FN3O4S. The van der Waals surface area contributed by atoms with Crippen LogP contribution in [0.3, 0.4) is 0 Å². The fourth-order valence-corrected chi connectivity index (χ4v) is 2.86. The van der Waals surface area contributed by atoms with Crippen LogP contribution in [-0.4, -0.2) is 22.4 Å². The van der Waals surface area contributed by atoms with Crippen molar-refractivity contribution < 1.29 is 18.8 Å². The number of amides is 1. The van der Waals surface area contributed by atoms with Crippen LogP contribution in [0.15, 0.2) is 53.9 Å². The largest absolute Gasteiger partial charge is 0.477 e. The summed E-state index contributed by atoms with van der Waals surface area (Å²) in [7, 11) is 0. The molecule has 0 saturated carbocycles. The molecule has 0 aliphatic rings. The van der Waals surface area contributed by atoms with Gasteiger partial charge in [-0.2, -0.15) is 0 Å². The summed E-state index contributed by atoms with van der Waals surface area (Å²) in [6.07, 6.45) is 0. The second-order valence-corrected chi connectivity index (χ2v) is 5.97. The van der Waals surface area contributed by atoms with E-state index in [1.165, 1.54) is 11.3 Å². The Balaban J connectivity index is 1.63. The highest BCUT2D eigenvalue weighted by Crippen LogP contribution is 2.28. The summed E-state index contributed by atoms with van der Waals surface area (Å²) in [5.74, 6) is -1.56. The third-order valence-corrected chi connectivity index (χ3v) is 4.06. The zero-order valence-electron chi connectivity index (χ0n) is 13.2. The van der Waals surface area contributed by atoms with Crippen LogP contribution in [0.4, 0.5) is 15.2 Å². The second kappa shape index (κ2) is 7.70. The quantitative estimate of drug-likeness (QED) is 0.523. The number of aromatic nitrogens is 1. The van der Waals surface area contributed by atoms with Gasteiger partial charge in [-0.25, -0.2) is 9.37 Å². The van der Waals surface area contributed by atoms with Gasteiger partial charge in [0.2, 0.25) is 5.75 Å². The van der Waals surface area contributed by atoms with Gasteiger partial charge in [-0.05, 0) is 6.07 Å². The van der Waals surface area contributed by atoms with Crippen molar-refractivity contribution in [1.82, 2.24) is 4.98 Å². The number of benzene rings is 2. The van der Waals surface area contributed by atoms with Gasteiger partial charge < -0.3 is 4.74 Å². The van der Waals surface area contributed by atoms with Crippen LogP contribution in [-0.2, 0) is 4.79 Å². The molecule has 3 rings (SSSR count). The van der Waals surface area contributed by atoms with Gasteiger partial charge in [0.1, 0.15) is 5.82 Å². The molecule has 0 fully saturated rings. The van der Waals surface area contributed by atoms with Crippen LogP contribution in [0.5, 0.6) is 5.75 Å². The molecule has 0 atom stereocenters. The number of carbonyl (C=O) groups excluding carboxylic acids is 1. The topological polar surface area (TPSA) is 94.4 Å². The third kappa shape index (κ3) is 4.19. The van der Waals surface area contributed by atoms with Gasteiger partial charge in [-0.3, -0.25) is 20.2 Å².